The van der Waals surface area contributed by atoms with Gasteiger partial charge in [0.2, 0.25) is 0 Å². The van der Waals surface area contributed by atoms with Crippen molar-refractivity contribution in [2.75, 3.05) is 11.5 Å². The summed E-state index contributed by atoms with van der Waals surface area (Å²) in [7, 11) is 0. The average molecular weight is 136 g/mol. The fourth-order valence-electron chi connectivity index (χ4n) is 0.982. The summed E-state index contributed by atoms with van der Waals surface area (Å²) in [4.78, 5) is 0. The number of nitrogen functional groups attached to an aromatic ring is 2. The molecule has 0 aliphatic carbocycles. The standard InChI is InChI=1S/C7H8N2O/c8-5-1-4-3-10-7(4)2-6(5)9/h1-2H,3,8-9H2. The van der Waals surface area contributed by atoms with Gasteiger partial charge in [-0.1, -0.05) is 0 Å². The molecule has 10 heavy (non-hydrogen) atoms. The third-order valence-electron chi connectivity index (χ3n) is 1.65. The molecule has 1 heterocycles. The molecule has 2 rings (SSSR count). The van der Waals surface area contributed by atoms with Crippen LogP contribution in [0.3, 0.4) is 0 Å². The second kappa shape index (κ2) is 1.56. The summed E-state index contributed by atoms with van der Waals surface area (Å²) in [5.74, 6) is 0.867. The topological polar surface area (TPSA) is 61.3 Å². The monoisotopic (exact) mass is 136 g/mol. The summed E-state index contributed by atoms with van der Waals surface area (Å²) in [6.07, 6.45) is 0. The van der Waals surface area contributed by atoms with Crippen LogP contribution in [0, 0.1) is 0 Å². The van der Waals surface area contributed by atoms with Crippen molar-refractivity contribution >= 4 is 11.4 Å². The van der Waals surface area contributed by atoms with Gasteiger partial charge in [-0.15, -0.1) is 0 Å². The maximum atomic E-state index is 5.54. The van der Waals surface area contributed by atoms with Gasteiger partial charge in [-0.2, -0.15) is 0 Å². The van der Waals surface area contributed by atoms with Gasteiger partial charge >= 0.3 is 0 Å². The van der Waals surface area contributed by atoms with Crippen molar-refractivity contribution in [1.82, 2.24) is 0 Å². The molecular weight excluding hydrogens is 128 g/mol. The second-order valence-corrected chi connectivity index (χ2v) is 2.38. The van der Waals surface area contributed by atoms with Gasteiger partial charge in [-0.3, -0.25) is 0 Å². The van der Waals surface area contributed by atoms with E-state index in [0.29, 0.717) is 18.0 Å². The minimum absolute atomic E-state index is 0.596. The fraction of sp³-hybridized carbons (Fsp3) is 0.143. The predicted octanol–water partition coefficient (Wildman–Crippen LogP) is 0.743. The van der Waals surface area contributed by atoms with Crippen LogP contribution in [0.5, 0.6) is 5.75 Å². The van der Waals surface area contributed by atoms with E-state index in [1.807, 2.05) is 6.07 Å². The summed E-state index contributed by atoms with van der Waals surface area (Å²) in [6.45, 7) is 0.666. The normalized spacial score (nSPS) is 13.2. The van der Waals surface area contributed by atoms with Gasteiger partial charge in [0, 0.05) is 11.6 Å². The van der Waals surface area contributed by atoms with Gasteiger partial charge in [0.1, 0.15) is 12.4 Å². The van der Waals surface area contributed by atoms with Crippen LogP contribution in [0.1, 0.15) is 5.56 Å². The van der Waals surface area contributed by atoms with Gasteiger partial charge in [0.05, 0.1) is 11.4 Å². The summed E-state index contributed by atoms with van der Waals surface area (Å²) >= 11 is 0. The minimum atomic E-state index is 0.596. The highest BCUT2D eigenvalue weighted by Crippen LogP contribution is 2.34. The molecule has 0 saturated carbocycles. The van der Waals surface area contributed by atoms with Gasteiger partial charge in [-0.25, -0.2) is 0 Å². The van der Waals surface area contributed by atoms with E-state index < -0.39 is 0 Å². The van der Waals surface area contributed by atoms with E-state index >= 15 is 0 Å². The number of benzene rings is 1. The first-order chi connectivity index (χ1) is 4.77. The molecular formula is C7H8N2O. The molecule has 3 heteroatoms. The lowest BCUT2D eigenvalue weighted by molar-refractivity contribution is 0.244. The highest BCUT2D eigenvalue weighted by molar-refractivity contribution is 5.68. The fourth-order valence-corrected chi connectivity index (χ4v) is 0.982. The van der Waals surface area contributed by atoms with E-state index in [9.17, 15) is 0 Å². The Balaban J connectivity index is 2.60. The Bertz CT molecular complexity index is 243. The highest BCUT2D eigenvalue weighted by atomic mass is 16.5. The molecule has 0 amide bonds. The molecule has 0 radical (unpaired) electrons. The van der Waals surface area contributed by atoms with Crippen LogP contribution in [0.15, 0.2) is 12.1 Å². The van der Waals surface area contributed by atoms with Gasteiger partial charge in [-0.05, 0) is 6.07 Å². The Labute approximate surface area is 58.6 Å². The average Bonchev–Trinajstić information content (AvgIpc) is 1.89. The molecule has 1 aromatic carbocycles. The first-order valence-electron chi connectivity index (χ1n) is 3.08. The van der Waals surface area contributed by atoms with Crippen molar-refractivity contribution in [2.45, 2.75) is 6.61 Å². The molecule has 3 nitrogen and oxygen atoms in total. The van der Waals surface area contributed by atoms with E-state index in [4.69, 9.17) is 16.2 Å². The number of ether oxygens (including phenoxy) is 1. The summed E-state index contributed by atoms with van der Waals surface area (Å²) < 4.78 is 5.08. The molecule has 0 bridgehead atoms. The second-order valence-electron chi connectivity index (χ2n) is 2.38. The third-order valence-corrected chi connectivity index (χ3v) is 1.65. The zero-order valence-corrected chi connectivity index (χ0v) is 5.42. The summed E-state index contributed by atoms with van der Waals surface area (Å²) in [5.41, 5.74) is 13.4. The van der Waals surface area contributed by atoms with E-state index in [1.165, 1.54) is 0 Å². The van der Waals surface area contributed by atoms with Crippen molar-refractivity contribution in [2.24, 2.45) is 0 Å². The molecule has 52 valence electrons. The number of hydrogen-bond acceptors (Lipinski definition) is 3. The molecule has 0 spiro atoms. The van der Waals surface area contributed by atoms with Crippen molar-refractivity contribution in [3.05, 3.63) is 17.7 Å². The molecule has 0 saturated heterocycles. The van der Waals surface area contributed by atoms with Gasteiger partial charge < -0.3 is 16.2 Å². The number of nitrogens with two attached hydrogens (primary N) is 2. The zero-order valence-electron chi connectivity index (χ0n) is 5.42. The van der Waals surface area contributed by atoms with Crippen molar-refractivity contribution < 1.29 is 4.74 Å². The number of fused-ring (bicyclic) bond motifs is 1. The SMILES string of the molecule is Nc1cc2c(cc1N)OC2. The van der Waals surface area contributed by atoms with E-state index in [-0.39, 0.29) is 0 Å². The van der Waals surface area contributed by atoms with E-state index in [1.54, 1.807) is 6.07 Å². The lowest BCUT2D eigenvalue weighted by atomic mass is 10.1. The molecule has 4 N–H and O–H groups in total. The molecule has 0 unspecified atom stereocenters. The first kappa shape index (κ1) is 5.41. The molecule has 0 atom stereocenters. The number of hydrogen-bond donors (Lipinski definition) is 2. The number of anilines is 2. The molecule has 1 aliphatic rings. The highest BCUT2D eigenvalue weighted by Gasteiger charge is 2.15. The van der Waals surface area contributed by atoms with Crippen LogP contribution in [0.2, 0.25) is 0 Å². The van der Waals surface area contributed by atoms with E-state index in [2.05, 4.69) is 0 Å². The van der Waals surface area contributed by atoms with E-state index in [0.717, 1.165) is 11.3 Å². The molecule has 0 fully saturated rings. The molecule has 1 aromatic rings. The van der Waals surface area contributed by atoms with Crippen LogP contribution in [0.25, 0.3) is 0 Å². The van der Waals surface area contributed by atoms with Gasteiger partial charge in [0.15, 0.2) is 0 Å². The first-order valence-corrected chi connectivity index (χ1v) is 3.08. The maximum Gasteiger partial charge on any atom is 0.128 e. The summed E-state index contributed by atoms with van der Waals surface area (Å²) in [6, 6.07) is 3.61. The Hall–Kier alpha value is -1.38. The Morgan fingerprint density at radius 1 is 1.20 bits per heavy atom. The quantitative estimate of drug-likeness (QED) is 0.517. The Kier molecular flexibility index (Phi) is 0.845. The van der Waals surface area contributed by atoms with Gasteiger partial charge in [0.25, 0.3) is 0 Å². The Morgan fingerprint density at radius 3 is 2.40 bits per heavy atom. The van der Waals surface area contributed by atoms with Crippen molar-refractivity contribution in [3.8, 4) is 5.75 Å². The predicted molar refractivity (Wildman–Crippen MR) is 39.6 cm³/mol. The van der Waals surface area contributed by atoms with Crippen LogP contribution in [0.4, 0.5) is 11.4 Å². The smallest absolute Gasteiger partial charge is 0.128 e. The number of rotatable bonds is 0. The minimum Gasteiger partial charge on any atom is -0.488 e. The Morgan fingerprint density at radius 2 is 1.90 bits per heavy atom. The maximum absolute atomic E-state index is 5.54. The van der Waals surface area contributed by atoms with Crippen LogP contribution in [-0.4, -0.2) is 0 Å². The molecule has 0 aromatic heterocycles. The molecule has 1 aliphatic heterocycles. The lowest BCUT2D eigenvalue weighted by Gasteiger charge is -2.20. The van der Waals surface area contributed by atoms with Crippen LogP contribution in [-0.2, 0) is 6.61 Å². The van der Waals surface area contributed by atoms with Crippen molar-refractivity contribution in [1.29, 1.82) is 0 Å². The lowest BCUT2D eigenvalue weighted by Crippen LogP contribution is -2.10. The van der Waals surface area contributed by atoms with Crippen molar-refractivity contribution in [3.63, 3.8) is 0 Å². The largest absolute Gasteiger partial charge is 0.488 e. The van der Waals surface area contributed by atoms with Crippen LogP contribution >= 0.6 is 0 Å². The third kappa shape index (κ3) is 0.543. The zero-order chi connectivity index (χ0) is 7.14. The van der Waals surface area contributed by atoms with Crippen LogP contribution < -0.4 is 16.2 Å². The summed E-state index contributed by atoms with van der Waals surface area (Å²) in [5, 5.41) is 0.